The molecule has 7 heteroatoms. The number of benzene rings is 1. The summed E-state index contributed by atoms with van der Waals surface area (Å²) >= 11 is 3.39. The molecule has 23 heavy (non-hydrogen) atoms. The van der Waals surface area contributed by atoms with Crippen LogP contribution in [0.4, 0.5) is 9.18 Å². The monoisotopic (exact) mass is 386 g/mol. The summed E-state index contributed by atoms with van der Waals surface area (Å²) in [4.78, 5) is 16.3. The normalized spacial score (nSPS) is 21.5. The molecule has 0 aromatic heterocycles. The lowest BCUT2D eigenvalue weighted by Gasteiger charge is -2.29. The van der Waals surface area contributed by atoms with Crippen molar-refractivity contribution in [1.29, 1.82) is 0 Å². The molecule has 1 heterocycles. The van der Waals surface area contributed by atoms with E-state index in [-0.39, 0.29) is 6.61 Å². The molecular weight excluding hydrogens is 367 g/mol. The van der Waals surface area contributed by atoms with Crippen LogP contribution in [0.5, 0.6) is 0 Å². The summed E-state index contributed by atoms with van der Waals surface area (Å²) in [6.45, 7) is 4.71. The van der Waals surface area contributed by atoms with Crippen molar-refractivity contribution in [2.24, 2.45) is 4.99 Å². The average Bonchev–Trinajstić information content (AvgIpc) is 2.45. The van der Waals surface area contributed by atoms with E-state index in [1.165, 1.54) is 0 Å². The van der Waals surface area contributed by atoms with Gasteiger partial charge >= 0.3 is 6.09 Å². The van der Waals surface area contributed by atoms with E-state index in [2.05, 4.69) is 26.2 Å². The molecule has 0 aliphatic carbocycles. The second-order valence-corrected chi connectivity index (χ2v) is 7.12. The Balaban J connectivity index is 2.17. The number of hydrogen-bond acceptors (Lipinski definition) is 4. The molecule has 1 aliphatic rings. The molecule has 0 radical (unpaired) electrons. The summed E-state index contributed by atoms with van der Waals surface area (Å²) in [5, 5.41) is 2.56. The fourth-order valence-corrected chi connectivity index (χ4v) is 2.58. The number of hydrogen-bond donors (Lipinski definition) is 1. The topological polar surface area (TPSA) is 59.9 Å². The number of alkyl carbamates (subject to hydrolysis) is 1. The van der Waals surface area contributed by atoms with Crippen molar-refractivity contribution in [1.82, 2.24) is 5.32 Å². The summed E-state index contributed by atoms with van der Waals surface area (Å²) < 4.78 is 24.8. The molecular formula is C16H20BrFN2O3. The van der Waals surface area contributed by atoms with Gasteiger partial charge in [-0.25, -0.2) is 9.18 Å². The van der Waals surface area contributed by atoms with Crippen molar-refractivity contribution in [2.45, 2.75) is 38.5 Å². The fourth-order valence-electron chi connectivity index (χ4n) is 2.16. The van der Waals surface area contributed by atoms with E-state index in [9.17, 15) is 9.18 Å². The van der Waals surface area contributed by atoms with Crippen LogP contribution >= 0.6 is 15.9 Å². The van der Waals surface area contributed by atoms with E-state index in [0.717, 1.165) is 10.0 Å². The number of ether oxygens (including phenoxy) is 2. The molecule has 1 aliphatic heterocycles. The maximum Gasteiger partial charge on any atom is 0.413 e. The number of halogens is 2. The molecule has 0 bridgehead atoms. The summed E-state index contributed by atoms with van der Waals surface area (Å²) in [6, 6.07) is 6.91. The first-order valence-electron chi connectivity index (χ1n) is 7.28. The Labute approximate surface area is 143 Å². The lowest BCUT2D eigenvalue weighted by Crippen LogP contribution is -2.43. The quantitative estimate of drug-likeness (QED) is 0.840. The van der Waals surface area contributed by atoms with E-state index in [1.807, 2.05) is 24.3 Å². The second-order valence-electron chi connectivity index (χ2n) is 6.21. The third kappa shape index (κ3) is 5.28. The van der Waals surface area contributed by atoms with E-state index in [1.54, 1.807) is 20.8 Å². The molecule has 1 N–H and O–H groups in total. The highest BCUT2D eigenvalue weighted by Crippen LogP contribution is 2.29. The standard InChI is InChI=1S/C16H20BrFN2O3/c1-16(2,3)23-15(21)20-13-9-22-12(8-18)14(19-13)10-5-4-6-11(17)7-10/h4-7,12,14H,8-9H2,1-3H3,(H,19,20,21). The first kappa shape index (κ1) is 17.9. The lowest BCUT2D eigenvalue weighted by molar-refractivity contribution is 0.0286. The minimum Gasteiger partial charge on any atom is -0.444 e. The first-order valence-corrected chi connectivity index (χ1v) is 8.07. The largest absolute Gasteiger partial charge is 0.444 e. The Morgan fingerprint density at radius 3 is 2.87 bits per heavy atom. The van der Waals surface area contributed by atoms with Crippen molar-refractivity contribution in [3.05, 3.63) is 34.3 Å². The average molecular weight is 387 g/mol. The summed E-state index contributed by atoms with van der Waals surface area (Å²) in [5.41, 5.74) is 0.205. The molecule has 1 amide bonds. The van der Waals surface area contributed by atoms with Crippen LogP contribution < -0.4 is 5.32 Å². The zero-order valence-electron chi connectivity index (χ0n) is 13.3. The van der Waals surface area contributed by atoms with Crippen molar-refractivity contribution in [3.8, 4) is 0 Å². The Morgan fingerprint density at radius 1 is 1.52 bits per heavy atom. The maximum atomic E-state index is 13.2. The van der Waals surface area contributed by atoms with Crippen molar-refractivity contribution >= 4 is 27.9 Å². The number of carbonyl (C=O) groups excluding carboxylic acids is 1. The SMILES string of the molecule is CC(C)(C)OC(=O)NC1=NC(c2cccc(Br)c2)C(CF)OC1. The minimum absolute atomic E-state index is 0.0400. The highest BCUT2D eigenvalue weighted by Gasteiger charge is 2.30. The van der Waals surface area contributed by atoms with Gasteiger partial charge in [0, 0.05) is 4.47 Å². The Morgan fingerprint density at radius 2 is 2.26 bits per heavy atom. The van der Waals surface area contributed by atoms with Crippen LogP contribution in [0.2, 0.25) is 0 Å². The van der Waals surface area contributed by atoms with E-state index < -0.39 is 30.5 Å². The van der Waals surface area contributed by atoms with Gasteiger partial charge in [-0.2, -0.15) is 0 Å². The van der Waals surface area contributed by atoms with Crippen molar-refractivity contribution < 1.29 is 18.7 Å². The lowest BCUT2D eigenvalue weighted by atomic mass is 10.0. The third-order valence-electron chi connectivity index (χ3n) is 3.07. The van der Waals surface area contributed by atoms with E-state index >= 15 is 0 Å². The summed E-state index contributed by atoms with van der Waals surface area (Å²) in [6.07, 6.45) is -1.28. The van der Waals surface area contributed by atoms with Gasteiger partial charge in [-0.1, -0.05) is 28.1 Å². The number of amides is 1. The number of aliphatic imine (C=N–C) groups is 1. The molecule has 1 aromatic carbocycles. The van der Waals surface area contributed by atoms with Crippen LogP contribution in [0.15, 0.2) is 33.7 Å². The Bertz CT molecular complexity index is 601. The first-order chi connectivity index (χ1) is 10.8. The number of nitrogens with one attached hydrogen (secondary N) is 1. The van der Waals surface area contributed by atoms with Crippen molar-refractivity contribution in [3.63, 3.8) is 0 Å². The number of nitrogens with zero attached hydrogens (tertiary/aromatic N) is 1. The van der Waals surface area contributed by atoms with E-state index in [4.69, 9.17) is 9.47 Å². The number of rotatable bonds is 2. The smallest absolute Gasteiger partial charge is 0.413 e. The molecule has 1 aromatic rings. The van der Waals surface area contributed by atoms with Crippen LogP contribution in [0.1, 0.15) is 32.4 Å². The van der Waals surface area contributed by atoms with Crippen LogP contribution in [0.25, 0.3) is 0 Å². The zero-order valence-corrected chi connectivity index (χ0v) is 14.9. The van der Waals surface area contributed by atoms with Crippen LogP contribution in [0.3, 0.4) is 0 Å². The second kappa shape index (κ2) is 7.40. The zero-order chi connectivity index (χ0) is 17.0. The number of amidine groups is 1. The van der Waals surface area contributed by atoms with Crippen LogP contribution in [-0.2, 0) is 9.47 Å². The summed E-state index contributed by atoms with van der Waals surface area (Å²) in [7, 11) is 0. The predicted molar refractivity (Wildman–Crippen MR) is 89.4 cm³/mol. The van der Waals surface area contributed by atoms with Crippen molar-refractivity contribution in [2.75, 3.05) is 13.3 Å². The highest BCUT2D eigenvalue weighted by atomic mass is 79.9. The van der Waals surface area contributed by atoms with Crippen LogP contribution in [-0.4, -0.2) is 36.9 Å². The highest BCUT2D eigenvalue weighted by molar-refractivity contribution is 9.10. The molecule has 0 saturated heterocycles. The number of carbonyl (C=O) groups is 1. The maximum absolute atomic E-state index is 13.2. The van der Waals surface area contributed by atoms with Crippen LogP contribution in [0, 0.1) is 0 Å². The van der Waals surface area contributed by atoms with Gasteiger partial charge in [0.1, 0.15) is 36.9 Å². The molecule has 0 fully saturated rings. The third-order valence-corrected chi connectivity index (χ3v) is 3.56. The molecule has 2 rings (SSSR count). The van der Waals surface area contributed by atoms with Gasteiger partial charge < -0.3 is 9.47 Å². The van der Waals surface area contributed by atoms with Gasteiger partial charge in [0.2, 0.25) is 0 Å². The molecule has 0 saturated carbocycles. The molecule has 5 nitrogen and oxygen atoms in total. The fraction of sp³-hybridized carbons (Fsp3) is 0.500. The predicted octanol–water partition coefficient (Wildman–Crippen LogP) is 3.78. The van der Waals surface area contributed by atoms with Gasteiger partial charge in [-0.3, -0.25) is 10.3 Å². The van der Waals surface area contributed by atoms with Gasteiger partial charge in [-0.05, 0) is 38.5 Å². The molecule has 0 spiro atoms. The Kier molecular flexibility index (Phi) is 5.75. The molecule has 2 atom stereocenters. The van der Waals surface area contributed by atoms with Gasteiger partial charge in [0.15, 0.2) is 0 Å². The Hall–Kier alpha value is -1.47. The van der Waals surface area contributed by atoms with Gasteiger partial charge in [-0.15, -0.1) is 0 Å². The molecule has 126 valence electrons. The minimum atomic E-state index is -0.673. The molecule has 2 unspecified atom stereocenters. The van der Waals surface area contributed by atoms with E-state index in [0.29, 0.717) is 5.84 Å². The van der Waals surface area contributed by atoms with Gasteiger partial charge in [0.05, 0.1) is 0 Å². The summed E-state index contributed by atoms with van der Waals surface area (Å²) in [5.74, 6) is 0.328. The van der Waals surface area contributed by atoms with Gasteiger partial charge in [0.25, 0.3) is 0 Å². The number of alkyl halides is 1.